The average molecular weight is 508 g/mol. The summed E-state index contributed by atoms with van der Waals surface area (Å²) >= 11 is 0. The first-order chi connectivity index (χ1) is 17.3. The quantitative estimate of drug-likeness (QED) is 0.155. The number of halogens is 1. The van der Waals surface area contributed by atoms with Gasteiger partial charge in [-0.15, -0.1) is 0 Å². The number of hydrogen-bond acceptors (Lipinski definition) is 5. The maximum atomic E-state index is 15.0. The van der Waals surface area contributed by atoms with Crippen molar-refractivity contribution >= 4 is 19.0 Å². The molecule has 190 valence electrons. The molecular formula is C27H34FN5O2Si. The van der Waals surface area contributed by atoms with Crippen LogP contribution in [0.5, 0.6) is 5.75 Å². The van der Waals surface area contributed by atoms with Crippen molar-refractivity contribution < 1.29 is 13.9 Å². The van der Waals surface area contributed by atoms with Gasteiger partial charge in [-0.3, -0.25) is 5.10 Å². The number of rotatable bonds is 9. The van der Waals surface area contributed by atoms with Gasteiger partial charge >= 0.3 is 0 Å². The molecule has 5 rings (SSSR count). The summed E-state index contributed by atoms with van der Waals surface area (Å²) in [6.45, 7) is 11.4. The van der Waals surface area contributed by atoms with Crippen LogP contribution < -0.4 is 10.1 Å². The van der Waals surface area contributed by atoms with Crippen LogP contribution in [0, 0.1) is 5.82 Å². The number of imidazole rings is 1. The first-order valence-corrected chi connectivity index (χ1v) is 16.3. The first kappa shape index (κ1) is 24.7. The summed E-state index contributed by atoms with van der Waals surface area (Å²) in [5, 5.41) is 12.0. The molecule has 0 spiro atoms. The van der Waals surface area contributed by atoms with Gasteiger partial charge in [-0.1, -0.05) is 32.6 Å². The Bertz CT molecular complexity index is 1350. The van der Waals surface area contributed by atoms with Crippen LogP contribution in [0.4, 0.5) is 4.39 Å². The van der Waals surface area contributed by atoms with E-state index in [1.165, 1.54) is 0 Å². The molecule has 1 aliphatic rings. The van der Waals surface area contributed by atoms with Gasteiger partial charge in [-0.2, -0.15) is 5.10 Å². The van der Waals surface area contributed by atoms with E-state index in [0.29, 0.717) is 6.61 Å². The topological polar surface area (TPSA) is 87.8 Å². The van der Waals surface area contributed by atoms with Crippen LogP contribution in [-0.2, 0) is 24.1 Å². The fourth-order valence-corrected chi connectivity index (χ4v) is 5.26. The zero-order valence-electron chi connectivity index (χ0n) is 21.4. The summed E-state index contributed by atoms with van der Waals surface area (Å²) in [4.78, 5) is 8.18. The second-order valence-corrected chi connectivity index (χ2v) is 16.2. The summed E-state index contributed by atoms with van der Waals surface area (Å²) in [5.41, 5.74) is 6.69. The normalized spacial score (nSPS) is 13.8. The lowest BCUT2D eigenvalue weighted by Crippen LogP contribution is -2.23. The third kappa shape index (κ3) is 5.23. The van der Waals surface area contributed by atoms with Crippen molar-refractivity contribution in [3.05, 3.63) is 53.1 Å². The van der Waals surface area contributed by atoms with E-state index < -0.39 is 13.9 Å². The van der Waals surface area contributed by atoms with E-state index in [0.717, 1.165) is 82.5 Å². The molecule has 0 atom stereocenters. The lowest BCUT2D eigenvalue weighted by Gasteiger charge is -2.16. The Morgan fingerprint density at radius 3 is 2.78 bits per heavy atom. The van der Waals surface area contributed by atoms with Gasteiger partial charge in [0.2, 0.25) is 0 Å². The van der Waals surface area contributed by atoms with Crippen molar-refractivity contribution in [2.45, 2.75) is 52.0 Å². The zero-order valence-corrected chi connectivity index (χ0v) is 22.4. The fraction of sp³-hybridized carbons (Fsp3) is 0.407. The van der Waals surface area contributed by atoms with Crippen LogP contribution in [0.3, 0.4) is 0 Å². The van der Waals surface area contributed by atoms with Gasteiger partial charge in [0.25, 0.3) is 0 Å². The predicted molar refractivity (Wildman–Crippen MR) is 143 cm³/mol. The second-order valence-electron chi connectivity index (χ2n) is 10.5. The maximum Gasteiger partial charge on any atom is 0.189 e. The molecule has 4 aromatic rings. The summed E-state index contributed by atoms with van der Waals surface area (Å²) in [5.74, 6) is 0.609. The SMILES string of the molecule is CCc1cc(OCOCC[Si](C)(C)C)c(F)cc1-c1ccc2c(-c3nc4c([nH]3)CNCC4)n[nH]c2c1. The van der Waals surface area contributed by atoms with Crippen LogP contribution in [-0.4, -0.2) is 48.2 Å². The molecule has 2 aromatic heterocycles. The number of aromatic nitrogens is 4. The Kier molecular flexibility index (Phi) is 6.96. The molecule has 3 N–H and O–H groups in total. The fourth-order valence-electron chi connectivity index (χ4n) is 4.51. The van der Waals surface area contributed by atoms with Crippen LogP contribution in [0.25, 0.3) is 33.5 Å². The Morgan fingerprint density at radius 1 is 1.14 bits per heavy atom. The molecule has 0 unspecified atom stereocenters. The van der Waals surface area contributed by atoms with E-state index in [2.05, 4.69) is 47.1 Å². The molecule has 7 nitrogen and oxygen atoms in total. The lowest BCUT2D eigenvalue weighted by molar-refractivity contribution is 0.0197. The van der Waals surface area contributed by atoms with Crippen LogP contribution in [0.15, 0.2) is 30.3 Å². The number of nitrogens with zero attached hydrogens (tertiary/aromatic N) is 2. The number of aromatic amines is 2. The standard InChI is InChI=1S/C27H34FN5O2Si/c1-5-17-13-25(35-16-34-10-11-36(2,3)4)21(28)14-20(17)18-6-7-19-23(12-18)32-33-26(19)27-30-22-8-9-29-15-24(22)31-27/h6-7,12-14,29H,5,8-11,15-16H2,1-4H3,(H,30,31)(H,32,33). The minimum atomic E-state index is -1.17. The van der Waals surface area contributed by atoms with Crippen molar-refractivity contribution in [1.29, 1.82) is 0 Å². The highest BCUT2D eigenvalue weighted by molar-refractivity contribution is 6.76. The monoisotopic (exact) mass is 507 g/mol. The molecule has 0 fully saturated rings. The smallest absolute Gasteiger partial charge is 0.189 e. The number of nitrogens with one attached hydrogen (secondary N) is 3. The molecule has 0 saturated heterocycles. The average Bonchev–Trinajstić information content (AvgIpc) is 3.47. The van der Waals surface area contributed by atoms with Gasteiger partial charge in [-0.05, 0) is 53.4 Å². The molecule has 1 aliphatic heterocycles. The van der Waals surface area contributed by atoms with Crippen LogP contribution in [0.2, 0.25) is 25.7 Å². The molecule has 0 aliphatic carbocycles. The largest absolute Gasteiger partial charge is 0.464 e. The number of H-pyrrole nitrogens is 2. The van der Waals surface area contributed by atoms with Gasteiger partial charge in [0, 0.05) is 39.6 Å². The number of ether oxygens (including phenoxy) is 2. The number of hydrogen-bond donors (Lipinski definition) is 3. The van der Waals surface area contributed by atoms with E-state index in [4.69, 9.17) is 14.5 Å². The third-order valence-electron chi connectivity index (χ3n) is 6.64. The number of fused-ring (bicyclic) bond motifs is 2. The predicted octanol–water partition coefficient (Wildman–Crippen LogP) is 5.66. The van der Waals surface area contributed by atoms with E-state index >= 15 is 0 Å². The van der Waals surface area contributed by atoms with E-state index in [1.807, 2.05) is 18.2 Å². The van der Waals surface area contributed by atoms with Crippen molar-refractivity contribution in [2.75, 3.05) is 19.9 Å². The Hall–Kier alpha value is -3.01. The molecular weight excluding hydrogens is 473 g/mol. The van der Waals surface area contributed by atoms with Gasteiger partial charge in [0.15, 0.2) is 24.2 Å². The van der Waals surface area contributed by atoms with Crippen molar-refractivity contribution in [3.8, 4) is 28.4 Å². The van der Waals surface area contributed by atoms with Gasteiger partial charge < -0.3 is 19.8 Å². The summed E-state index contributed by atoms with van der Waals surface area (Å²) in [6.07, 6.45) is 1.66. The third-order valence-corrected chi connectivity index (χ3v) is 8.34. The van der Waals surface area contributed by atoms with Gasteiger partial charge in [0.05, 0.1) is 16.9 Å². The van der Waals surface area contributed by atoms with E-state index in [1.54, 1.807) is 12.1 Å². The molecule has 0 saturated carbocycles. The molecule has 0 amide bonds. The number of aryl methyl sites for hydroxylation is 1. The van der Waals surface area contributed by atoms with Gasteiger partial charge in [0.1, 0.15) is 5.69 Å². The first-order valence-electron chi connectivity index (χ1n) is 12.6. The highest BCUT2D eigenvalue weighted by atomic mass is 28.3. The molecule has 9 heteroatoms. The Morgan fingerprint density at radius 2 is 2.00 bits per heavy atom. The zero-order chi connectivity index (χ0) is 25.3. The summed E-state index contributed by atoms with van der Waals surface area (Å²) in [7, 11) is -1.17. The van der Waals surface area contributed by atoms with E-state index in [-0.39, 0.29) is 12.5 Å². The van der Waals surface area contributed by atoms with Crippen LogP contribution >= 0.6 is 0 Å². The molecule has 0 bridgehead atoms. The summed E-state index contributed by atoms with van der Waals surface area (Å²) < 4.78 is 26.2. The molecule has 3 heterocycles. The number of benzene rings is 2. The van der Waals surface area contributed by atoms with Gasteiger partial charge in [-0.25, -0.2) is 9.37 Å². The molecule has 2 aromatic carbocycles. The minimum Gasteiger partial charge on any atom is -0.464 e. The Labute approximate surface area is 211 Å². The summed E-state index contributed by atoms with van der Waals surface area (Å²) in [6, 6.07) is 10.5. The van der Waals surface area contributed by atoms with Crippen molar-refractivity contribution in [3.63, 3.8) is 0 Å². The molecule has 0 radical (unpaired) electrons. The lowest BCUT2D eigenvalue weighted by atomic mass is 9.96. The minimum absolute atomic E-state index is 0.0546. The second kappa shape index (κ2) is 10.2. The van der Waals surface area contributed by atoms with Crippen molar-refractivity contribution in [1.82, 2.24) is 25.5 Å². The highest BCUT2D eigenvalue weighted by Gasteiger charge is 2.19. The van der Waals surface area contributed by atoms with E-state index in [9.17, 15) is 4.39 Å². The Balaban J connectivity index is 1.36. The molecule has 36 heavy (non-hydrogen) atoms. The van der Waals surface area contributed by atoms with Crippen molar-refractivity contribution in [2.24, 2.45) is 0 Å². The maximum absolute atomic E-state index is 15.0. The van der Waals surface area contributed by atoms with Crippen LogP contribution in [0.1, 0.15) is 23.9 Å². The highest BCUT2D eigenvalue weighted by Crippen LogP contribution is 2.34.